The van der Waals surface area contributed by atoms with Crippen molar-refractivity contribution < 1.29 is 104 Å². The van der Waals surface area contributed by atoms with Crippen LogP contribution in [-0.2, 0) is 37.9 Å². The second-order valence-corrected chi connectivity index (χ2v) is 21.5. The number of hydrogen-bond acceptors (Lipinski definition) is 21. The molecule has 8 aliphatic rings. The lowest BCUT2D eigenvalue weighted by atomic mass is 9.46. The molecule has 4 heterocycles. The highest BCUT2D eigenvalue weighted by Gasteiger charge is 2.72. The van der Waals surface area contributed by atoms with Crippen molar-refractivity contribution in [3.63, 3.8) is 0 Å². The van der Waals surface area contributed by atoms with E-state index in [1.807, 2.05) is 6.92 Å². The van der Waals surface area contributed by atoms with Gasteiger partial charge in [-0.2, -0.15) is 0 Å². The first-order valence-corrected chi connectivity index (χ1v) is 24.1. The lowest BCUT2D eigenvalue weighted by Crippen LogP contribution is -2.65. The van der Waals surface area contributed by atoms with Crippen molar-refractivity contribution in [1.82, 2.24) is 0 Å². The topological polar surface area (TPSA) is 337 Å². The van der Waals surface area contributed by atoms with E-state index in [-0.39, 0.29) is 47.5 Å². The number of hydrogen-bond donors (Lipinski definition) is 13. The number of aliphatic hydroxyl groups excluding tert-OH is 13. The summed E-state index contributed by atoms with van der Waals surface area (Å²) < 4.78 is 47.6. The molecule has 0 aromatic rings. The number of rotatable bonds is 14. The molecule has 67 heavy (non-hydrogen) atoms. The fourth-order valence-corrected chi connectivity index (χ4v) is 14.0. The van der Waals surface area contributed by atoms with E-state index < -0.39 is 148 Å². The fourth-order valence-electron chi connectivity index (χ4n) is 14.0. The first-order chi connectivity index (χ1) is 31.7. The molecule has 4 saturated heterocycles. The fraction of sp³-hybridized carbons (Fsp3) is 0.957. The third-order valence-electron chi connectivity index (χ3n) is 17.8. The Morgan fingerprint density at radius 2 is 1.30 bits per heavy atom. The van der Waals surface area contributed by atoms with Crippen LogP contribution in [0.25, 0.3) is 0 Å². The van der Waals surface area contributed by atoms with Crippen LogP contribution in [0.4, 0.5) is 0 Å². The van der Waals surface area contributed by atoms with Crippen LogP contribution in [0.2, 0.25) is 0 Å². The maximum absolute atomic E-state index is 12.4. The highest BCUT2D eigenvalue weighted by Crippen LogP contribution is 2.70. The van der Waals surface area contributed by atoms with Crippen molar-refractivity contribution >= 4 is 0 Å². The molecular weight excluding hydrogens is 888 g/mol. The zero-order valence-corrected chi connectivity index (χ0v) is 38.9. The molecule has 0 aromatic heterocycles. The summed E-state index contributed by atoms with van der Waals surface area (Å²) in [5, 5.41) is 138. The predicted octanol–water partition coefficient (Wildman–Crippen LogP) is -3.26. The predicted molar refractivity (Wildman–Crippen MR) is 227 cm³/mol. The van der Waals surface area contributed by atoms with Gasteiger partial charge in [-0.05, 0) is 73.0 Å². The zero-order valence-electron chi connectivity index (χ0n) is 38.9. The van der Waals surface area contributed by atoms with Gasteiger partial charge in [-0.3, -0.25) is 0 Å². The van der Waals surface area contributed by atoms with Crippen LogP contribution >= 0.6 is 0 Å². The summed E-state index contributed by atoms with van der Waals surface area (Å²) in [6.07, 6.45) is -19.6. The molecule has 0 spiro atoms. The maximum Gasteiger partial charge on any atom is 0.187 e. The van der Waals surface area contributed by atoms with Crippen molar-refractivity contribution in [2.24, 2.45) is 46.3 Å². The molecule has 28 atom stereocenters. The molecule has 7 fully saturated rings. The number of ether oxygens (including phenoxy) is 8. The van der Waals surface area contributed by atoms with Gasteiger partial charge in [0.2, 0.25) is 0 Å². The number of methoxy groups -OCH3 is 1. The van der Waals surface area contributed by atoms with E-state index in [4.69, 9.17) is 37.9 Å². The van der Waals surface area contributed by atoms with Crippen molar-refractivity contribution in [2.75, 3.05) is 33.5 Å². The largest absolute Gasteiger partial charge is 0.394 e. The lowest BCUT2D eigenvalue weighted by Gasteiger charge is -2.59. The van der Waals surface area contributed by atoms with E-state index in [1.165, 1.54) is 0 Å². The maximum atomic E-state index is 12.4. The third-order valence-corrected chi connectivity index (χ3v) is 17.8. The molecule has 0 aromatic carbocycles. The van der Waals surface area contributed by atoms with Crippen molar-refractivity contribution in [2.45, 2.75) is 195 Å². The highest BCUT2D eigenvalue weighted by molar-refractivity contribution is 5.28. The van der Waals surface area contributed by atoms with Crippen molar-refractivity contribution in [3.8, 4) is 0 Å². The Morgan fingerprint density at radius 3 is 1.93 bits per heavy atom. The van der Waals surface area contributed by atoms with Gasteiger partial charge in [0.05, 0.1) is 50.8 Å². The second-order valence-electron chi connectivity index (χ2n) is 21.5. The highest BCUT2D eigenvalue weighted by atomic mass is 16.7. The minimum atomic E-state index is -1.80. The van der Waals surface area contributed by atoms with E-state index in [0.717, 1.165) is 18.4 Å². The molecule has 0 radical (unpaired) electrons. The molecule has 386 valence electrons. The summed E-state index contributed by atoms with van der Waals surface area (Å²) >= 11 is 0. The molecule has 0 amide bonds. The molecule has 4 aliphatic heterocycles. The minimum absolute atomic E-state index is 0.00999. The number of allylic oxidation sites excluding steroid dienone is 1. The standard InChI is InChI=1S/C46H76O21/c1-18(17-61-41-36(57)33(54)30(51)25(14-47)63-41)8-11-46(60-5)19(2)28-40(67-46)32(53)29-21-7-6-20-12-24(23(50)13-45(20,4)22(21)9-10-44(28,29)3)62-42-38(59)35(56)39(27(16-49)65-42)66-43-37(58)34(55)31(52)26(15-48)64-43/h6,18-19,21-43,47-59H,7-17H2,1-5H3/t18?,19-,21+,22-,23+,24+,25+,26+,27+,28-,29+,30+,31+,32-,33-,34-,35+,36+,37+,38+,39-,40+,41+,42+,43-,44+,45-,46+/m0/s1. The molecule has 21 heteroatoms. The number of aliphatic hydroxyl groups is 13. The average Bonchev–Trinajstić information content (AvgIpc) is 3.73. The molecule has 13 N–H and O–H groups in total. The van der Waals surface area contributed by atoms with E-state index in [9.17, 15) is 66.4 Å². The molecular formula is C46H76O21. The Bertz CT molecular complexity index is 1710. The van der Waals surface area contributed by atoms with E-state index in [2.05, 4.69) is 26.8 Å². The smallest absolute Gasteiger partial charge is 0.187 e. The van der Waals surface area contributed by atoms with E-state index in [0.29, 0.717) is 32.1 Å². The van der Waals surface area contributed by atoms with Gasteiger partial charge < -0.3 is 104 Å². The Morgan fingerprint density at radius 1 is 0.716 bits per heavy atom. The van der Waals surface area contributed by atoms with E-state index in [1.54, 1.807) is 7.11 Å². The van der Waals surface area contributed by atoms with Crippen LogP contribution in [-0.4, -0.2) is 222 Å². The molecule has 4 aliphatic carbocycles. The normalized spacial score (nSPS) is 54.7. The van der Waals surface area contributed by atoms with Crippen LogP contribution in [0.3, 0.4) is 0 Å². The molecule has 3 saturated carbocycles. The molecule has 0 bridgehead atoms. The van der Waals surface area contributed by atoms with Gasteiger partial charge in [0.25, 0.3) is 0 Å². The quantitative estimate of drug-likeness (QED) is 0.0760. The van der Waals surface area contributed by atoms with Gasteiger partial charge in [0.15, 0.2) is 24.7 Å². The van der Waals surface area contributed by atoms with Crippen LogP contribution in [0, 0.1) is 46.3 Å². The van der Waals surface area contributed by atoms with Gasteiger partial charge in [0, 0.05) is 25.4 Å². The summed E-state index contributed by atoms with van der Waals surface area (Å²) in [4.78, 5) is 0. The monoisotopic (exact) mass is 964 g/mol. The first kappa shape index (κ1) is 52.2. The molecule has 21 nitrogen and oxygen atoms in total. The average molecular weight is 965 g/mol. The van der Waals surface area contributed by atoms with E-state index >= 15 is 0 Å². The minimum Gasteiger partial charge on any atom is -0.394 e. The van der Waals surface area contributed by atoms with Gasteiger partial charge in [-0.1, -0.05) is 39.3 Å². The molecule has 1 unspecified atom stereocenters. The van der Waals surface area contributed by atoms with Gasteiger partial charge in [0.1, 0.15) is 73.2 Å². The Kier molecular flexibility index (Phi) is 15.6. The number of fused-ring (bicyclic) bond motifs is 7. The third kappa shape index (κ3) is 8.90. The lowest BCUT2D eigenvalue weighted by molar-refractivity contribution is -0.365. The first-order valence-electron chi connectivity index (χ1n) is 24.1. The zero-order chi connectivity index (χ0) is 48.7. The van der Waals surface area contributed by atoms with Crippen LogP contribution in [0.15, 0.2) is 11.6 Å². The van der Waals surface area contributed by atoms with Crippen molar-refractivity contribution in [1.29, 1.82) is 0 Å². The van der Waals surface area contributed by atoms with Crippen LogP contribution in [0.5, 0.6) is 0 Å². The SMILES string of the molecule is CO[C@]1(CCC(C)CO[C@@H]2O[C@H](CO)[C@@H](O)[C@H](O)[C@H]2O)O[C@H]2[C@@H](O)[C@H]3[C@@H]4CC=C5C[C@@H](O[C@@H]6O[C@H](CO)[C@H](O[C@@H]7O[C@H](CO)[C@@H](O)[C@H](O)[C@H]7O)[C@H](O)[C@H]6O)[C@H](O)C[C@]5(C)[C@H]4CC[C@]3(C)[C@H]2[C@@H]1C. The van der Waals surface area contributed by atoms with Crippen LogP contribution < -0.4 is 0 Å². The van der Waals surface area contributed by atoms with Crippen molar-refractivity contribution in [3.05, 3.63) is 11.6 Å². The molecule has 8 rings (SSSR count). The van der Waals surface area contributed by atoms with Crippen LogP contribution in [0.1, 0.15) is 72.6 Å². The summed E-state index contributed by atoms with van der Waals surface area (Å²) in [7, 11) is 1.63. The Balaban J connectivity index is 0.894. The summed E-state index contributed by atoms with van der Waals surface area (Å²) in [6.45, 7) is 6.71. The summed E-state index contributed by atoms with van der Waals surface area (Å²) in [6, 6.07) is 0. The summed E-state index contributed by atoms with van der Waals surface area (Å²) in [5.41, 5.74) is 0.356. The Hall–Kier alpha value is -1.10. The van der Waals surface area contributed by atoms with Gasteiger partial charge >= 0.3 is 0 Å². The second kappa shape index (κ2) is 20.1. The van der Waals surface area contributed by atoms with Gasteiger partial charge in [-0.25, -0.2) is 0 Å². The van der Waals surface area contributed by atoms with Gasteiger partial charge in [-0.15, -0.1) is 0 Å². The Labute approximate surface area is 390 Å². The summed E-state index contributed by atoms with van der Waals surface area (Å²) in [5.74, 6) is -1.02.